The molecule has 1 nitrogen and oxygen atoms in total. The average molecular weight is 180 g/mol. The second-order valence-corrected chi connectivity index (χ2v) is 3.38. The molecule has 0 aromatic carbocycles. The minimum Gasteiger partial charge on any atom is -0.321 e. The Morgan fingerprint density at radius 3 is 2.33 bits per heavy atom. The van der Waals surface area contributed by atoms with Crippen LogP contribution >= 0.6 is 0 Å². The molecule has 0 amide bonds. The van der Waals surface area contributed by atoms with Crippen molar-refractivity contribution in [1.29, 1.82) is 0 Å². The minimum absolute atomic E-state index is 0.166. The molecule has 12 heavy (non-hydrogen) atoms. The summed E-state index contributed by atoms with van der Waals surface area (Å²) in [6.45, 7) is 5.72. The molecule has 0 bridgehead atoms. The molecule has 0 atom stereocenters. The van der Waals surface area contributed by atoms with Gasteiger partial charge in [0.05, 0.1) is 6.61 Å². The summed E-state index contributed by atoms with van der Waals surface area (Å²) in [4.78, 5) is 0. The SMILES string of the molecule is CCC(F)(F)OCCCC(C)C. The molecular weight excluding hydrogens is 162 g/mol. The van der Waals surface area contributed by atoms with E-state index in [1.165, 1.54) is 6.92 Å². The minimum atomic E-state index is -2.92. The highest BCUT2D eigenvalue weighted by Gasteiger charge is 2.26. The van der Waals surface area contributed by atoms with E-state index < -0.39 is 6.11 Å². The smallest absolute Gasteiger partial charge is 0.321 e. The van der Waals surface area contributed by atoms with E-state index in [1.54, 1.807) is 0 Å². The van der Waals surface area contributed by atoms with E-state index in [0.717, 1.165) is 6.42 Å². The van der Waals surface area contributed by atoms with Crippen LogP contribution in [0.25, 0.3) is 0 Å². The van der Waals surface area contributed by atoms with Gasteiger partial charge in [-0.2, -0.15) is 8.78 Å². The first-order valence-corrected chi connectivity index (χ1v) is 4.49. The van der Waals surface area contributed by atoms with Crippen LogP contribution in [0.15, 0.2) is 0 Å². The van der Waals surface area contributed by atoms with Crippen LogP contribution in [0.2, 0.25) is 0 Å². The highest BCUT2D eigenvalue weighted by Crippen LogP contribution is 2.19. The van der Waals surface area contributed by atoms with E-state index in [2.05, 4.69) is 18.6 Å². The van der Waals surface area contributed by atoms with Gasteiger partial charge >= 0.3 is 6.11 Å². The fraction of sp³-hybridized carbons (Fsp3) is 1.00. The molecule has 0 spiro atoms. The second kappa shape index (κ2) is 5.46. The molecule has 0 aliphatic rings. The maximum atomic E-state index is 12.5. The van der Waals surface area contributed by atoms with Gasteiger partial charge in [0.1, 0.15) is 0 Å². The summed E-state index contributed by atoms with van der Waals surface area (Å²) in [5, 5.41) is 0. The lowest BCUT2D eigenvalue weighted by Crippen LogP contribution is -2.20. The molecule has 0 N–H and O–H groups in total. The van der Waals surface area contributed by atoms with E-state index >= 15 is 0 Å². The zero-order chi connectivity index (χ0) is 9.61. The van der Waals surface area contributed by atoms with Gasteiger partial charge in [-0.1, -0.05) is 20.8 Å². The highest BCUT2D eigenvalue weighted by molar-refractivity contribution is 4.49. The fourth-order valence-corrected chi connectivity index (χ4v) is 0.815. The van der Waals surface area contributed by atoms with Gasteiger partial charge in [0.15, 0.2) is 0 Å². The van der Waals surface area contributed by atoms with Gasteiger partial charge in [-0.25, -0.2) is 0 Å². The Labute approximate surface area is 73.1 Å². The zero-order valence-corrected chi connectivity index (χ0v) is 8.07. The van der Waals surface area contributed by atoms with Gasteiger partial charge in [-0.15, -0.1) is 0 Å². The summed E-state index contributed by atoms with van der Waals surface area (Å²) >= 11 is 0. The van der Waals surface area contributed by atoms with Crippen molar-refractivity contribution in [2.75, 3.05) is 6.61 Å². The third kappa shape index (κ3) is 6.53. The van der Waals surface area contributed by atoms with Crippen molar-refractivity contribution >= 4 is 0 Å². The van der Waals surface area contributed by atoms with E-state index in [1.807, 2.05) is 0 Å². The van der Waals surface area contributed by atoms with Gasteiger partial charge < -0.3 is 4.74 Å². The van der Waals surface area contributed by atoms with E-state index in [4.69, 9.17) is 0 Å². The molecule has 0 unspecified atom stereocenters. The van der Waals surface area contributed by atoms with Crippen molar-refractivity contribution < 1.29 is 13.5 Å². The van der Waals surface area contributed by atoms with Crippen molar-refractivity contribution in [1.82, 2.24) is 0 Å². The number of ether oxygens (including phenoxy) is 1. The van der Waals surface area contributed by atoms with Crippen LogP contribution in [-0.4, -0.2) is 12.7 Å². The molecule has 0 aromatic rings. The van der Waals surface area contributed by atoms with E-state index in [-0.39, 0.29) is 13.0 Å². The molecule has 0 fully saturated rings. The number of hydrogen-bond acceptors (Lipinski definition) is 1. The Kier molecular flexibility index (Phi) is 5.38. The highest BCUT2D eigenvalue weighted by atomic mass is 19.3. The lowest BCUT2D eigenvalue weighted by atomic mass is 10.1. The lowest BCUT2D eigenvalue weighted by Gasteiger charge is -2.14. The quantitative estimate of drug-likeness (QED) is 0.569. The van der Waals surface area contributed by atoms with Crippen molar-refractivity contribution in [3.8, 4) is 0 Å². The third-order valence-corrected chi connectivity index (χ3v) is 1.65. The van der Waals surface area contributed by atoms with Crippen molar-refractivity contribution in [3.63, 3.8) is 0 Å². The molecule has 0 aliphatic heterocycles. The molecule has 0 heterocycles. The first kappa shape index (κ1) is 11.8. The fourth-order valence-electron chi connectivity index (χ4n) is 0.815. The molecular formula is C9H18F2O. The summed E-state index contributed by atoms with van der Waals surface area (Å²) in [6, 6.07) is 0. The number of alkyl halides is 2. The van der Waals surface area contributed by atoms with Crippen LogP contribution in [-0.2, 0) is 4.74 Å². The van der Waals surface area contributed by atoms with Crippen LogP contribution in [0.5, 0.6) is 0 Å². The van der Waals surface area contributed by atoms with Crippen molar-refractivity contribution in [3.05, 3.63) is 0 Å². The first-order chi connectivity index (χ1) is 5.48. The molecule has 0 aliphatic carbocycles. The van der Waals surface area contributed by atoms with Gasteiger partial charge in [-0.05, 0) is 18.8 Å². The predicted octanol–water partition coefficient (Wildman–Crippen LogP) is 3.44. The van der Waals surface area contributed by atoms with E-state index in [9.17, 15) is 8.78 Å². The molecule has 3 heteroatoms. The van der Waals surface area contributed by atoms with Crippen molar-refractivity contribution in [2.24, 2.45) is 5.92 Å². The molecule has 74 valence electrons. The molecule has 0 saturated carbocycles. The van der Waals surface area contributed by atoms with Crippen LogP contribution in [0.1, 0.15) is 40.0 Å². The Balaban J connectivity index is 3.31. The molecule has 0 radical (unpaired) electrons. The van der Waals surface area contributed by atoms with Gasteiger partial charge in [-0.3, -0.25) is 0 Å². The monoisotopic (exact) mass is 180 g/mol. The van der Waals surface area contributed by atoms with Crippen molar-refractivity contribution in [2.45, 2.75) is 46.1 Å². The summed E-state index contributed by atoms with van der Waals surface area (Å²) in [7, 11) is 0. The summed E-state index contributed by atoms with van der Waals surface area (Å²) in [5.41, 5.74) is 0. The maximum absolute atomic E-state index is 12.5. The largest absolute Gasteiger partial charge is 0.355 e. The Morgan fingerprint density at radius 1 is 1.33 bits per heavy atom. The third-order valence-electron chi connectivity index (χ3n) is 1.65. The van der Waals surface area contributed by atoms with Crippen LogP contribution < -0.4 is 0 Å². The van der Waals surface area contributed by atoms with Gasteiger partial charge in [0.25, 0.3) is 0 Å². The number of halogens is 2. The average Bonchev–Trinajstić information content (AvgIpc) is 1.98. The summed E-state index contributed by atoms with van der Waals surface area (Å²) < 4.78 is 29.3. The number of hydrogen-bond donors (Lipinski definition) is 0. The summed E-state index contributed by atoms with van der Waals surface area (Å²) in [5.74, 6) is 0.559. The first-order valence-electron chi connectivity index (χ1n) is 4.49. The molecule has 0 rings (SSSR count). The predicted molar refractivity (Wildman–Crippen MR) is 45.3 cm³/mol. The topological polar surface area (TPSA) is 9.23 Å². The Hall–Kier alpha value is -0.180. The van der Waals surface area contributed by atoms with Crippen LogP contribution in [0, 0.1) is 5.92 Å². The van der Waals surface area contributed by atoms with Gasteiger partial charge in [0.2, 0.25) is 0 Å². The summed E-state index contributed by atoms with van der Waals surface area (Å²) in [6.07, 6.45) is -1.50. The molecule has 0 saturated heterocycles. The van der Waals surface area contributed by atoms with E-state index in [0.29, 0.717) is 12.3 Å². The Bertz CT molecular complexity index is 113. The second-order valence-electron chi connectivity index (χ2n) is 3.38. The zero-order valence-electron chi connectivity index (χ0n) is 8.07. The van der Waals surface area contributed by atoms with Crippen LogP contribution in [0.4, 0.5) is 8.78 Å². The molecule has 0 aromatic heterocycles. The standard InChI is InChI=1S/C9H18F2O/c1-4-9(10,11)12-7-5-6-8(2)3/h8H,4-7H2,1-3H3. The number of rotatable bonds is 6. The lowest BCUT2D eigenvalue weighted by molar-refractivity contribution is -0.239. The van der Waals surface area contributed by atoms with Crippen LogP contribution in [0.3, 0.4) is 0 Å². The van der Waals surface area contributed by atoms with Gasteiger partial charge in [0, 0.05) is 6.42 Å². The maximum Gasteiger partial charge on any atom is 0.355 e. The Morgan fingerprint density at radius 2 is 1.92 bits per heavy atom. The normalized spacial score (nSPS) is 12.5.